The van der Waals surface area contributed by atoms with Gasteiger partial charge in [-0.05, 0) is 27.7 Å². The van der Waals surface area contributed by atoms with Gasteiger partial charge in [0.15, 0.2) is 0 Å². The number of ether oxygens (including phenoxy) is 1. The van der Waals surface area contributed by atoms with Crippen LogP contribution in [0.2, 0.25) is 0 Å². The molecule has 1 unspecified atom stereocenters. The molecule has 1 aromatic heterocycles. The lowest BCUT2D eigenvalue weighted by Gasteiger charge is -2.42. The second kappa shape index (κ2) is 5.93. The molecule has 0 bridgehead atoms. The Bertz CT molecular complexity index is 464. The highest BCUT2D eigenvalue weighted by Gasteiger charge is 2.33. The summed E-state index contributed by atoms with van der Waals surface area (Å²) in [6, 6.07) is 1.95. The molecule has 0 saturated carbocycles. The van der Waals surface area contributed by atoms with Gasteiger partial charge in [0.2, 0.25) is 0 Å². The molecule has 0 aromatic carbocycles. The number of aliphatic hydroxyl groups excluding tert-OH is 1. The van der Waals surface area contributed by atoms with Crippen molar-refractivity contribution >= 4 is 11.6 Å². The van der Waals surface area contributed by atoms with E-state index in [-0.39, 0.29) is 18.3 Å². The Labute approximate surface area is 120 Å². The summed E-state index contributed by atoms with van der Waals surface area (Å²) in [5.74, 6) is 2.45. The minimum atomic E-state index is -0.303. The number of hydrogen-bond donors (Lipinski definition) is 2. The number of rotatable bonds is 4. The number of morpholine rings is 1. The largest absolute Gasteiger partial charge is 0.394 e. The molecule has 0 amide bonds. The lowest BCUT2D eigenvalue weighted by molar-refractivity contribution is -0.101. The van der Waals surface area contributed by atoms with E-state index in [0.29, 0.717) is 6.54 Å². The molecule has 0 aliphatic carbocycles. The molecule has 0 radical (unpaired) electrons. The summed E-state index contributed by atoms with van der Waals surface area (Å²) >= 11 is 0. The van der Waals surface area contributed by atoms with Gasteiger partial charge in [0.1, 0.15) is 17.5 Å². The second-order valence-corrected chi connectivity index (χ2v) is 5.75. The molecule has 1 fully saturated rings. The zero-order valence-electron chi connectivity index (χ0n) is 12.7. The number of aryl methyl sites for hydroxylation is 1. The van der Waals surface area contributed by atoms with E-state index < -0.39 is 0 Å². The first kappa shape index (κ1) is 15.0. The van der Waals surface area contributed by atoms with Gasteiger partial charge in [-0.3, -0.25) is 0 Å². The van der Waals surface area contributed by atoms with Gasteiger partial charge in [-0.25, -0.2) is 9.97 Å². The van der Waals surface area contributed by atoms with E-state index in [2.05, 4.69) is 20.2 Å². The number of aliphatic hydroxyl groups is 1. The standard InChI is InChI=1S/C14H24N4O2/c1-5-15-12-6-13(17-10(2)16-12)18-7-11(8-19)20-14(3,4)9-18/h6,11,19H,5,7-9H2,1-4H3,(H,15,16,17). The average molecular weight is 280 g/mol. The third kappa shape index (κ3) is 3.58. The smallest absolute Gasteiger partial charge is 0.134 e. The zero-order chi connectivity index (χ0) is 14.8. The minimum absolute atomic E-state index is 0.0179. The van der Waals surface area contributed by atoms with Gasteiger partial charge in [-0.2, -0.15) is 0 Å². The fourth-order valence-corrected chi connectivity index (χ4v) is 2.55. The van der Waals surface area contributed by atoms with Crippen LogP contribution in [0.3, 0.4) is 0 Å². The van der Waals surface area contributed by atoms with Crippen LogP contribution in [0.15, 0.2) is 6.07 Å². The SMILES string of the molecule is CCNc1cc(N2CC(CO)OC(C)(C)C2)nc(C)n1. The second-order valence-electron chi connectivity index (χ2n) is 5.75. The summed E-state index contributed by atoms with van der Waals surface area (Å²) in [5.41, 5.74) is -0.303. The van der Waals surface area contributed by atoms with Crippen LogP contribution in [0.1, 0.15) is 26.6 Å². The molecule has 1 saturated heterocycles. The molecule has 2 heterocycles. The summed E-state index contributed by atoms with van der Waals surface area (Å²) in [7, 11) is 0. The topological polar surface area (TPSA) is 70.5 Å². The van der Waals surface area contributed by atoms with Crippen molar-refractivity contribution in [1.82, 2.24) is 9.97 Å². The number of nitrogens with zero attached hydrogens (tertiary/aromatic N) is 3. The van der Waals surface area contributed by atoms with Crippen LogP contribution in [0, 0.1) is 6.92 Å². The molecule has 6 heteroatoms. The molecule has 20 heavy (non-hydrogen) atoms. The average Bonchev–Trinajstić information content (AvgIpc) is 2.36. The highest BCUT2D eigenvalue weighted by atomic mass is 16.5. The number of anilines is 2. The van der Waals surface area contributed by atoms with Gasteiger partial charge in [0.25, 0.3) is 0 Å². The fourth-order valence-electron chi connectivity index (χ4n) is 2.55. The van der Waals surface area contributed by atoms with Crippen LogP contribution < -0.4 is 10.2 Å². The van der Waals surface area contributed by atoms with Crippen molar-refractivity contribution in [2.45, 2.75) is 39.4 Å². The molecule has 1 aliphatic rings. The predicted octanol–water partition coefficient (Wildman–Crippen LogP) is 1.19. The normalized spacial score (nSPS) is 21.9. The van der Waals surface area contributed by atoms with Crippen LogP contribution in [-0.4, -0.2) is 53.0 Å². The lowest BCUT2D eigenvalue weighted by Crippen LogP contribution is -2.54. The first-order chi connectivity index (χ1) is 9.43. The Morgan fingerprint density at radius 2 is 2.25 bits per heavy atom. The van der Waals surface area contributed by atoms with E-state index in [4.69, 9.17) is 4.74 Å². The Morgan fingerprint density at radius 1 is 1.50 bits per heavy atom. The van der Waals surface area contributed by atoms with Crippen LogP contribution in [0.25, 0.3) is 0 Å². The molecule has 1 aromatic rings. The number of hydrogen-bond acceptors (Lipinski definition) is 6. The van der Waals surface area contributed by atoms with Crippen LogP contribution >= 0.6 is 0 Å². The van der Waals surface area contributed by atoms with Crippen molar-refractivity contribution in [2.24, 2.45) is 0 Å². The van der Waals surface area contributed by atoms with Crippen molar-refractivity contribution < 1.29 is 9.84 Å². The molecule has 2 rings (SSSR count). The van der Waals surface area contributed by atoms with E-state index in [1.165, 1.54) is 0 Å². The zero-order valence-corrected chi connectivity index (χ0v) is 12.7. The summed E-state index contributed by atoms with van der Waals surface area (Å²) in [5, 5.41) is 12.6. The van der Waals surface area contributed by atoms with Crippen molar-refractivity contribution in [1.29, 1.82) is 0 Å². The Morgan fingerprint density at radius 3 is 2.90 bits per heavy atom. The van der Waals surface area contributed by atoms with E-state index in [0.717, 1.165) is 30.5 Å². The minimum Gasteiger partial charge on any atom is -0.394 e. The third-order valence-electron chi connectivity index (χ3n) is 3.19. The lowest BCUT2D eigenvalue weighted by atomic mass is 10.1. The van der Waals surface area contributed by atoms with Crippen molar-refractivity contribution in [3.05, 3.63) is 11.9 Å². The van der Waals surface area contributed by atoms with Crippen LogP contribution in [0.5, 0.6) is 0 Å². The van der Waals surface area contributed by atoms with E-state index >= 15 is 0 Å². The van der Waals surface area contributed by atoms with Crippen LogP contribution in [-0.2, 0) is 4.74 Å². The monoisotopic (exact) mass is 280 g/mol. The molecular formula is C14H24N4O2. The molecule has 1 atom stereocenters. The molecule has 1 aliphatic heterocycles. The van der Waals surface area contributed by atoms with Gasteiger partial charge in [-0.1, -0.05) is 0 Å². The quantitative estimate of drug-likeness (QED) is 0.863. The molecular weight excluding hydrogens is 256 g/mol. The van der Waals surface area contributed by atoms with Crippen molar-refractivity contribution in [2.75, 3.05) is 36.5 Å². The summed E-state index contributed by atoms with van der Waals surface area (Å²) in [6.45, 7) is 10.2. The van der Waals surface area contributed by atoms with Gasteiger partial charge in [0.05, 0.1) is 18.3 Å². The molecule has 2 N–H and O–H groups in total. The highest BCUT2D eigenvalue weighted by Crippen LogP contribution is 2.26. The van der Waals surface area contributed by atoms with E-state index in [1.54, 1.807) is 0 Å². The maximum Gasteiger partial charge on any atom is 0.134 e. The Hall–Kier alpha value is -1.40. The van der Waals surface area contributed by atoms with Gasteiger partial charge < -0.3 is 20.1 Å². The molecule has 0 spiro atoms. The molecule has 112 valence electrons. The van der Waals surface area contributed by atoms with E-state index in [9.17, 15) is 5.11 Å². The molecule has 6 nitrogen and oxygen atoms in total. The fraction of sp³-hybridized carbons (Fsp3) is 0.714. The Balaban J connectivity index is 2.25. The third-order valence-corrected chi connectivity index (χ3v) is 3.19. The summed E-state index contributed by atoms with van der Waals surface area (Å²) < 4.78 is 5.83. The van der Waals surface area contributed by atoms with Crippen LogP contribution in [0.4, 0.5) is 11.6 Å². The first-order valence-corrected chi connectivity index (χ1v) is 7.06. The Kier molecular flexibility index (Phi) is 4.45. The van der Waals surface area contributed by atoms with Gasteiger partial charge >= 0.3 is 0 Å². The highest BCUT2D eigenvalue weighted by molar-refractivity contribution is 5.50. The van der Waals surface area contributed by atoms with Crippen molar-refractivity contribution in [3.8, 4) is 0 Å². The predicted molar refractivity (Wildman–Crippen MR) is 79.2 cm³/mol. The number of nitrogens with one attached hydrogen (secondary N) is 1. The number of aromatic nitrogens is 2. The van der Waals surface area contributed by atoms with Gasteiger partial charge in [-0.15, -0.1) is 0 Å². The summed E-state index contributed by atoms with van der Waals surface area (Å²) in [6.07, 6.45) is -0.184. The summed E-state index contributed by atoms with van der Waals surface area (Å²) in [4.78, 5) is 11.0. The first-order valence-electron chi connectivity index (χ1n) is 7.06. The van der Waals surface area contributed by atoms with Gasteiger partial charge in [0, 0.05) is 25.7 Å². The van der Waals surface area contributed by atoms with E-state index in [1.807, 2.05) is 33.8 Å². The van der Waals surface area contributed by atoms with Crippen molar-refractivity contribution in [3.63, 3.8) is 0 Å². The maximum absolute atomic E-state index is 9.38. The maximum atomic E-state index is 9.38.